The maximum absolute atomic E-state index is 12.2. The van der Waals surface area contributed by atoms with E-state index in [1.54, 1.807) is 32.4 Å². The summed E-state index contributed by atoms with van der Waals surface area (Å²) in [5, 5.41) is 0. The number of nitrogens with zero attached hydrogens (tertiary/aromatic N) is 1. The molecule has 3 nitrogen and oxygen atoms in total. The number of benzene rings is 1. The predicted octanol–water partition coefficient (Wildman–Crippen LogP) is 1.97. The average Bonchev–Trinajstić information content (AvgIpc) is 2.16. The zero-order valence-electron chi connectivity index (χ0n) is 9.41. The zero-order chi connectivity index (χ0) is 12.1. The van der Waals surface area contributed by atoms with Crippen molar-refractivity contribution in [3.05, 3.63) is 23.8 Å². The summed E-state index contributed by atoms with van der Waals surface area (Å²) in [5.41, 5.74) is 7.05. The number of rotatable bonds is 5. The van der Waals surface area contributed by atoms with Gasteiger partial charge >= 0.3 is 0 Å². The van der Waals surface area contributed by atoms with Crippen molar-refractivity contribution in [2.24, 2.45) is 0 Å². The van der Waals surface area contributed by atoms with E-state index in [4.69, 9.17) is 10.5 Å². The molecule has 0 saturated heterocycles. The molecule has 16 heavy (non-hydrogen) atoms. The van der Waals surface area contributed by atoms with Crippen molar-refractivity contribution < 1.29 is 13.5 Å². The van der Waals surface area contributed by atoms with Crippen LogP contribution < -0.4 is 10.5 Å². The van der Waals surface area contributed by atoms with Crippen LogP contribution in [0.15, 0.2) is 18.2 Å². The Morgan fingerprint density at radius 2 is 2.12 bits per heavy atom. The molecular formula is C11H16F2N2O. The molecule has 1 rings (SSSR count). The maximum atomic E-state index is 12.2. The molecule has 0 heterocycles. The number of alkyl halides is 2. The second-order valence-corrected chi connectivity index (χ2v) is 3.66. The lowest BCUT2D eigenvalue weighted by Gasteiger charge is -2.18. The van der Waals surface area contributed by atoms with Crippen LogP contribution in [0.5, 0.6) is 5.75 Å². The van der Waals surface area contributed by atoms with E-state index < -0.39 is 6.43 Å². The van der Waals surface area contributed by atoms with Gasteiger partial charge in [0.1, 0.15) is 5.75 Å². The van der Waals surface area contributed by atoms with E-state index in [-0.39, 0.29) is 6.54 Å². The van der Waals surface area contributed by atoms with Crippen LogP contribution in [-0.2, 0) is 6.54 Å². The van der Waals surface area contributed by atoms with Gasteiger partial charge in [-0.2, -0.15) is 0 Å². The summed E-state index contributed by atoms with van der Waals surface area (Å²) in [4.78, 5) is 1.53. The Balaban J connectivity index is 2.74. The average molecular weight is 230 g/mol. The third-order valence-electron chi connectivity index (χ3n) is 2.19. The van der Waals surface area contributed by atoms with Gasteiger partial charge in [-0.05, 0) is 25.2 Å². The first-order valence-corrected chi connectivity index (χ1v) is 4.92. The molecule has 90 valence electrons. The third-order valence-corrected chi connectivity index (χ3v) is 2.19. The van der Waals surface area contributed by atoms with E-state index in [1.165, 1.54) is 4.90 Å². The van der Waals surface area contributed by atoms with Gasteiger partial charge in [-0.25, -0.2) is 8.78 Å². The second-order valence-electron chi connectivity index (χ2n) is 3.66. The summed E-state index contributed by atoms with van der Waals surface area (Å²) in [7, 11) is 3.18. The maximum Gasteiger partial charge on any atom is 0.251 e. The van der Waals surface area contributed by atoms with Crippen molar-refractivity contribution in [2.45, 2.75) is 13.0 Å². The summed E-state index contributed by atoms with van der Waals surface area (Å²) in [6.07, 6.45) is -2.34. The second kappa shape index (κ2) is 5.65. The highest BCUT2D eigenvalue weighted by molar-refractivity contribution is 5.47. The Kier molecular flexibility index (Phi) is 4.49. The lowest BCUT2D eigenvalue weighted by atomic mass is 10.1. The first kappa shape index (κ1) is 12.7. The zero-order valence-corrected chi connectivity index (χ0v) is 9.41. The molecule has 0 radical (unpaired) electrons. The molecule has 0 unspecified atom stereocenters. The molecule has 0 saturated carbocycles. The first-order chi connectivity index (χ1) is 7.52. The van der Waals surface area contributed by atoms with E-state index in [9.17, 15) is 8.78 Å². The molecule has 0 spiro atoms. The Labute approximate surface area is 93.8 Å². The summed E-state index contributed by atoms with van der Waals surface area (Å²) in [6.45, 7) is 0.122. The van der Waals surface area contributed by atoms with E-state index in [0.717, 1.165) is 5.56 Å². The van der Waals surface area contributed by atoms with Gasteiger partial charge in [0.2, 0.25) is 0 Å². The third kappa shape index (κ3) is 3.66. The Morgan fingerprint density at radius 3 is 2.69 bits per heavy atom. The molecule has 0 aromatic heterocycles. The SMILES string of the molecule is COc1ccc(N)cc1CN(C)CC(F)F. The van der Waals surface area contributed by atoms with E-state index >= 15 is 0 Å². The number of hydrogen-bond donors (Lipinski definition) is 1. The number of nitrogens with two attached hydrogens (primary N) is 1. The quantitative estimate of drug-likeness (QED) is 0.786. The fourth-order valence-corrected chi connectivity index (χ4v) is 1.51. The van der Waals surface area contributed by atoms with Crippen LogP contribution >= 0.6 is 0 Å². The monoisotopic (exact) mass is 230 g/mol. The highest BCUT2D eigenvalue weighted by Crippen LogP contribution is 2.22. The molecule has 0 atom stereocenters. The Hall–Kier alpha value is -1.36. The predicted molar refractivity (Wildman–Crippen MR) is 59.7 cm³/mol. The van der Waals surface area contributed by atoms with Crippen LogP contribution in [0.25, 0.3) is 0 Å². The number of methoxy groups -OCH3 is 1. The summed E-state index contributed by atoms with van der Waals surface area (Å²) < 4.78 is 29.4. The number of hydrogen-bond acceptors (Lipinski definition) is 3. The van der Waals surface area contributed by atoms with E-state index in [0.29, 0.717) is 18.0 Å². The number of anilines is 1. The van der Waals surface area contributed by atoms with Crippen LogP contribution in [0.3, 0.4) is 0 Å². The largest absolute Gasteiger partial charge is 0.496 e. The Morgan fingerprint density at radius 1 is 1.44 bits per heavy atom. The van der Waals surface area contributed by atoms with Crippen LogP contribution in [0.1, 0.15) is 5.56 Å². The number of halogens is 2. The molecule has 0 fully saturated rings. The van der Waals surface area contributed by atoms with Gasteiger partial charge in [0, 0.05) is 17.8 Å². The van der Waals surface area contributed by atoms with Crippen molar-refractivity contribution in [1.29, 1.82) is 0 Å². The Bertz CT molecular complexity index is 345. The first-order valence-electron chi connectivity index (χ1n) is 4.92. The van der Waals surface area contributed by atoms with Gasteiger partial charge in [-0.3, -0.25) is 4.90 Å². The lowest BCUT2D eigenvalue weighted by Crippen LogP contribution is -2.24. The molecule has 1 aromatic carbocycles. The van der Waals surface area contributed by atoms with Crippen LogP contribution in [0.2, 0.25) is 0 Å². The van der Waals surface area contributed by atoms with E-state index in [1.807, 2.05) is 0 Å². The molecule has 0 aliphatic carbocycles. The van der Waals surface area contributed by atoms with Gasteiger partial charge < -0.3 is 10.5 Å². The van der Waals surface area contributed by atoms with Crippen LogP contribution in [0.4, 0.5) is 14.5 Å². The molecule has 0 bridgehead atoms. The lowest BCUT2D eigenvalue weighted by molar-refractivity contribution is 0.0972. The van der Waals surface area contributed by atoms with Crippen molar-refractivity contribution in [3.63, 3.8) is 0 Å². The topological polar surface area (TPSA) is 38.5 Å². The van der Waals surface area contributed by atoms with Gasteiger partial charge in [-0.15, -0.1) is 0 Å². The fourth-order valence-electron chi connectivity index (χ4n) is 1.51. The van der Waals surface area contributed by atoms with Crippen LogP contribution in [-0.4, -0.2) is 32.0 Å². The van der Waals surface area contributed by atoms with Gasteiger partial charge in [-0.1, -0.05) is 0 Å². The molecule has 5 heteroatoms. The molecular weight excluding hydrogens is 214 g/mol. The standard InChI is InChI=1S/C11H16F2N2O/c1-15(7-11(12)13)6-8-5-9(14)3-4-10(8)16-2/h3-5,11H,6-7,14H2,1-2H3. The summed E-state index contributed by atoms with van der Waals surface area (Å²) in [6, 6.07) is 5.19. The molecule has 0 aliphatic heterocycles. The number of nitrogen functional groups attached to an aromatic ring is 1. The number of ether oxygens (including phenoxy) is 1. The highest BCUT2D eigenvalue weighted by atomic mass is 19.3. The van der Waals surface area contributed by atoms with Gasteiger partial charge in [0.05, 0.1) is 13.7 Å². The summed E-state index contributed by atoms with van der Waals surface area (Å²) in [5.74, 6) is 0.662. The molecule has 0 aliphatic rings. The van der Waals surface area contributed by atoms with Crippen molar-refractivity contribution in [3.8, 4) is 5.75 Å². The van der Waals surface area contributed by atoms with Crippen molar-refractivity contribution >= 4 is 5.69 Å². The minimum Gasteiger partial charge on any atom is -0.496 e. The normalized spacial score (nSPS) is 11.1. The van der Waals surface area contributed by atoms with Crippen molar-refractivity contribution in [2.75, 3.05) is 26.4 Å². The molecule has 2 N–H and O–H groups in total. The molecule has 1 aromatic rings. The fraction of sp³-hybridized carbons (Fsp3) is 0.455. The van der Waals surface area contributed by atoms with Gasteiger partial charge in [0.15, 0.2) is 0 Å². The minimum absolute atomic E-state index is 0.266. The minimum atomic E-state index is -2.34. The van der Waals surface area contributed by atoms with Crippen LogP contribution in [0, 0.1) is 0 Å². The smallest absolute Gasteiger partial charge is 0.251 e. The highest BCUT2D eigenvalue weighted by Gasteiger charge is 2.11. The van der Waals surface area contributed by atoms with E-state index in [2.05, 4.69) is 0 Å². The molecule has 0 amide bonds. The van der Waals surface area contributed by atoms with Crippen molar-refractivity contribution in [1.82, 2.24) is 4.90 Å². The summed E-state index contributed by atoms with van der Waals surface area (Å²) >= 11 is 0. The van der Waals surface area contributed by atoms with Gasteiger partial charge in [0.25, 0.3) is 6.43 Å².